The summed E-state index contributed by atoms with van der Waals surface area (Å²) in [5.41, 5.74) is 1.13. The van der Waals surface area contributed by atoms with Crippen LogP contribution in [0.4, 0.5) is 0 Å². The maximum absolute atomic E-state index is 11.8. The van der Waals surface area contributed by atoms with Crippen LogP contribution in [0.5, 0.6) is 5.75 Å². The Hall–Kier alpha value is -2.54. The SMILES string of the molecule is [B]OC(=O)CNC(=O)c1ncc(-c2cccc(Cl)c2)cc1O. The molecule has 2 rings (SSSR count). The van der Waals surface area contributed by atoms with Crippen molar-refractivity contribution in [1.82, 2.24) is 10.3 Å². The highest BCUT2D eigenvalue weighted by molar-refractivity contribution is 6.30. The zero-order chi connectivity index (χ0) is 16.1. The molecule has 0 aliphatic heterocycles. The molecule has 1 aromatic carbocycles. The van der Waals surface area contributed by atoms with Crippen LogP contribution in [0.25, 0.3) is 11.1 Å². The summed E-state index contributed by atoms with van der Waals surface area (Å²) in [5.74, 6) is -1.86. The predicted molar refractivity (Wildman–Crippen MR) is 80.5 cm³/mol. The molecule has 1 amide bonds. The van der Waals surface area contributed by atoms with Gasteiger partial charge in [-0.05, 0) is 23.8 Å². The van der Waals surface area contributed by atoms with Crippen molar-refractivity contribution >= 4 is 31.5 Å². The van der Waals surface area contributed by atoms with Crippen molar-refractivity contribution in [1.29, 1.82) is 0 Å². The highest BCUT2D eigenvalue weighted by Crippen LogP contribution is 2.26. The zero-order valence-corrected chi connectivity index (χ0v) is 12.0. The van der Waals surface area contributed by atoms with Gasteiger partial charge in [-0.15, -0.1) is 0 Å². The van der Waals surface area contributed by atoms with E-state index in [4.69, 9.17) is 11.6 Å². The molecule has 110 valence electrons. The number of halogens is 1. The maximum atomic E-state index is 11.8. The molecule has 0 bridgehead atoms. The second-order valence-electron chi connectivity index (χ2n) is 4.27. The number of hydrogen-bond donors (Lipinski definition) is 2. The Kier molecular flexibility index (Phi) is 5.01. The fourth-order valence-corrected chi connectivity index (χ4v) is 1.92. The minimum absolute atomic E-state index is 0.212. The standard InChI is InChI=1S/C14H10BClN2O4/c15-22-12(20)7-18-14(21)13-11(19)5-9(6-17-13)8-2-1-3-10(16)4-8/h1-6,19H,7H2,(H,18,21). The number of hydrogen-bond acceptors (Lipinski definition) is 5. The molecule has 0 atom stereocenters. The number of benzene rings is 1. The molecule has 1 heterocycles. The van der Waals surface area contributed by atoms with Crippen molar-refractivity contribution in [3.8, 4) is 16.9 Å². The number of carbonyl (C=O) groups excluding carboxylic acids is 2. The topological polar surface area (TPSA) is 88.5 Å². The first kappa shape index (κ1) is 15.8. The molecule has 0 aliphatic rings. The lowest BCUT2D eigenvalue weighted by molar-refractivity contribution is -0.132. The third kappa shape index (κ3) is 3.76. The Labute approximate surface area is 132 Å². The first-order valence-electron chi connectivity index (χ1n) is 6.14. The van der Waals surface area contributed by atoms with E-state index < -0.39 is 18.4 Å². The molecule has 1 aromatic heterocycles. The number of nitrogens with one attached hydrogen (secondary N) is 1. The van der Waals surface area contributed by atoms with Gasteiger partial charge < -0.3 is 15.1 Å². The third-order valence-electron chi connectivity index (χ3n) is 2.77. The van der Waals surface area contributed by atoms with Crippen LogP contribution in [0.3, 0.4) is 0 Å². The Morgan fingerprint density at radius 2 is 2.09 bits per heavy atom. The monoisotopic (exact) mass is 316 g/mol. The molecule has 0 saturated carbocycles. The first-order valence-corrected chi connectivity index (χ1v) is 6.51. The molecule has 0 fully saturated rings. The number of aromatic hydroxyl groups is 1. The largest absolute Gasteiger partial charge is 0.542 e. The van der Waals surface area contributed by atoms with Gasteiger partial charge in [0.1, 0.15) is 12.3 Å². The number of amides is 1. The highest BCUT2D eigenvalue weighted by atomic mass is 35.5. The lowest BCUT2D eigenvalue weighted by atomic mass is 10.1. The summed E-state index contributed by atoms with van der Waals surface area (Å²) in [5, 5.41) is 12.7. The highest BCUT2D eigenvalue weighted by Gasteiger charge is 2.15. The van der Waals surface area contributed by atoms with Gasteiger partial charge >= 0.3 is 14.0 Å². The van der Waals surface area contributed by atoms with Gasteiger partial charge in [0.25, 0.3) is 5.91 Å². The molecule has 8 heteroatoms. The van der Waals surface area contributed by atoms with Crippen LogP contribution in [0.1, 0.15) is 10.5 Å². The summed E-state index contributed by atoms with van der Waals surface area (Å²) in [6, 6.07) is 8.35. The van der Waals surface area contributed by atoms with Crippen LogP contribution in [0.2, 0.25) is 5.02 Å². The number of rotatable bonds is 4. The minimum Gasteiger partial charge on any atom is -0.542 e. The van der Waals surface area contributed by atoms with Crippen molar-refractivity contribution in [3.05, 3.63) is 47.2 Å². The van der Waals surface area contributed by atoms with E-state index in [0.29, 0.717) is 10.6 Å². The van der Waals surface area contributed by atoms with E-state index in [1.807, 2.05) is 0 Å². The molecule has 0 spiro atoms. The van der Waals surface area contributed by atoms with Crippen molar-refractivity contribution in [2.45, 2.75) is 0 Å². The molecule has 2 N–H and O–H groups in total. The Morgan fingerprint density at radius 1 is 1.32 bits per heavy atom. The normalized spacial score (nSPS) is 10.0. The van der Waals surface area contributed by atoms with Gasteiger partial charge in [-0.1, -0.05) is 23.7 Å². The molecule has 22 heavy (non-hydrogen) atoms. The quantitative estimate of drug-likeness (QED) is 0.834. The number of carbonyl (C=O) groups is 2. The predicted octanol–water partition coefficient (Wildman–Crippen LogP) is 1.46. The van der Waals surface area contributed by atoms with Gasteiger partial charge in [0.15, 0.2) is 5.69 Å². The molecule has 0 unspecified atom stereocenters. The lowest BCUT2D eigenvalue weighted by Gasteiger charge is -2.07. The third-order valence-corrected chi connectivity index (χ3v) is 3.00. The van der Waals surface area contributed by atoms with Crippen LogP contribution in [-0.2, 0) is 9.45 Å². The Morgan fingerprint density at radius 3 is 2.73 bits per heavy atom. The molecule has 0 saturated heterocycles. The van der Waals surface area contributed by atoms with E-state index in [1.54, 1.807) is 24.3 Å². The minimum atomic E-state index is -0.816. The van der Waals surface area contributed by atoms with Crippen LogP contribution < -0.4 is 5.32 Å². The van der Waals surface area contributed by atoms with Crippen molar-refractivity contribution in [2.24, 2.45) is 0 Å². The van der Waals surface area contributed by atoms with Crippen LogP contribution >= 0.6 is 11.6 Å². The smallest absolute Gasteiger partial charge is 0.378 e. The van der Waals surface area contributed by atoms with Gasteiger partial charge in [0.05, 0.1) is 0 Å². The van der Waals surface area contributed by atoms with Gasteiger partial charge in [-0.25, -0.2) is 4.98 Å². The molecule has 6 nitrogen and oxygen atoms in total. The first-order chi connectivity index (χ1) is 10.5. The summed E-state index contributed by atoms with van der Waals surface area (Å²) >= 11 is 5.90. The molecular formula is C14H10BClN2O4. The molecular weight excluding hydrogens is 306 g/mol. The molecule has 2 aromatic rings. The average molecular weight is 317 g/mol. The van der Waals surface area contributed by atoms with E-state index in [2.05, 4.69) is 23.0 Å². The molecule has 0 aliphatic carbocycles. The number of nitrogens with zero attached hydrogens (tertiary/aromatic N) is 1. The van der Waals surface area contributed by atoms with E-state index in [1.165, 1.54) is 12.3 Å². The summed E-state index contributed by atoms with van der Waals surface area (Å²) in [6.07, 6.45) is 1.42. The fourth-order valence-electron chi connectivity index (χ4n) is 1.73. The second kappa shape index (κ2) is 6.95. The fraction of sp³-hybridized carbons (Fsp3) is 0.0714. The van der Waals surface area contributed by atoms with E-state index in [9.17, 15) is 14.7 Å². The summed E-state index contributed by atoms with van der Waals surface area (Å²) in [6.45, 7) is -0.424. The van der Waals surface area contributed by atoms with Crippen LogP contribution in [0.15, 0.2) is 36.5 Å². The van der Waals surface area contributed by atoms with Crippen molar-refractivity contribution in [2.75, 3.05) is 6.54 Å². The van der Waals surface area contributed by atoms with Gasteiger partial charge in [-0.2, -0.15) is 0 Å². The van der Waals surface area contributed by atoms with Crippen molar-refractivity contribution < 1.29 is 19.3 Å². The summed E-state index contributed by atoms with van der Waals surface area (Å²) in [7, 11) is 4.65. The number of aromatic nitrogens is 1. The van der Waals surface area contributed by atoms with Crippen LogP contribution in [0, 0.1) is 0 Å². The summed E-state index contributed by atoms with van der Waals surface area (Å²) in [4.78, 5) is 26.5. The van der Waals surface area contributed by atoms with Gasteiger partial charge in [-0.3, -0.25) is 9.59 Å². The van der Waals surface area contributed by atoms with Crippen LogP contribution in [-0.4, -0.2) is 36.6 Å². The second-order valence-corrected chi connectivity index (χ2v) is 4.71. The summed E-state index contributed by atoms with van der Waals surface area (Å²) < 4.78 is 3.91. The van der Waals surface area contributed by atoms with E-state index in [0.717, 1.165) is 5.56 Å². The lowest BCUT2D eigenvalue weighted by Crippen LogP contribution is -2.30. The average Bonchev–Trinajstić information content (AvgIpc) is 2.52. The van der Waals surface area contributed by atoms with E-state index >= 15 is 0 Å². The zero-order valence-electron chi connectivity index (χ0n) is 11.2. The molecule has 2 radical (unpaired) electrons. The van der Waals surface area contributed by atoms with Crippen molar-refractivity contribution in [3.63, 3.8) is 0 Å². The van der Waals surface area contributed by atoms with E-state index in [-0.39, 0.29) is 11.4 Å². The number of pyridine rings is 1. The Balaban J connectivity index is 2.19. The Bertz CT molecular complexity index is 724. The maximum Gasteiger partial charge on any atom is 0.378 e. The van der Waals surface area contributed by atoms with Gasteiger partial charge in [0.2, 0.25) is 0 Å². The van der Waals surface area contributed by atoms with Gasteiger partial charge in [0, 0.05) is 16.8 Å².